The molecule has 0 aliphatic rings. The molecule has 6 aromatic heterocycles. The molecule has 0 saturated carbocycles. The van der Waals surface area contributed by atoms with E-state index in [2.05, 4.69) is 89.3 Å². The van der Waals surface area contributed by atoms with Gasteiger partial charge >= 0.3 is 0 Å². The predicted molar refractivity (Wildman–Crippen MR) is 304 cm³/mol. The third-order valence-corrected chi connectivity index (χ3v) is 20.8. The largest absolute Gasteiger partial charge is 0.235 e. The van der Waals surface area contributed by atoms with Crippen LogP contribution in [0.3, 0.4) is 0 Å². The van der Waals surface area contributed by atoms with Gasteiger partial charge in [0.2, 0.25) is 0 Å². The van der Waals surface area contributed by atoms with Crippen LogP contribution in [-0.4, -0.2) is 9.97 Å². The molecule has 358 valence electrons. The summed E-state index contributed by atoms with van der Waals surface area (Å²) in [5, 5.41) is 2.38. The Morgan fingerprint density at radius 2 is 0.697 bits per heavy atom. The van der Waals surface area contributed by atoms with Gasteiger partial charge in [0.25, 0.3) is 0 Å². The number of thiazole rings is 2. The Balaban J connectivity index is 1.16. The highest BCUT2D eigenvalue weighted by Crippen LogP contribution is 2.49. The van der Waals surface area contributed by atoms with Gasteiger partial charge in [-0.15, -0.1) is 68.0 Å². The third-order valence-electron chi connectivity index (χ3n) is 13.5. The quantitative estimate of drug-likeness (QED) is 0.0393. The van der Waals surface area contributed by atoms with Crippen LogP contribution in [0.15, 0.2) is 36.4 Å². The lowest BCUT2D eigenvalue weighted by Crippen LogP contribution is -1.87. The van der Waals surface area contributed by atoms with Crippen molar-refractivity contribution in [3.05, 3.63) is 68.4 Å². The van der Waals surface area contributed by atoms with E-state index in [9.17, 15) is 0 Å². The molecule has 0 radical (unpaired) electrons. The molecule has 0 unspecified atom stereocenters. The summed E-state index contributed by atoms with van der Waals surface area (Å²) in [6.07, 6.45) is 36.8. The number of fused-ring (bicyclic) bond motifs is 2. The minimum atomic E-state index is 1.12. The van der Waals surface area contributed by atoms with Crippen LogP contribution in [0.4, 0.5) is 0 Å². The van der Waals surface area contributed by atoms with Crippen LogP contribution >= 0.6 is 68.0 Å². The van der Waals surface area contributed by atoms with Crippen LogP contribution in [0.25, 0.3) is 59.7 Å². The Hall–Kier alpha value is -2.20. The van der Waals surface area contributed by atoms with Gasteiger partial charge in [-0.25, -0.2) is 9.97 Å². The molecule has 0 bridgehead atoms. The highest BCUT2D eigenvalue weighted by Gasteiger charge is 2.22. The molecule has 0 atom stereocenters. The standard InChI is InChI=1S/C58H80N2S6/c1-7-11-15-19-23-27-31-43-36-51(62-42(43)6)52-37-45(33-29-25-21-17-13-9-3)54(63-52)53-38-46(34-30-26-22-18-14-10-4)56(64-53)58-60-48-40-49-47(39-50(48)66-58)59-57(65-49)55-44(35-41(5)61-55)32-28-24-20-16-12-8-2/h35-40H,7-34H2,1-6H3. The van der Waals surface area contributed by atoms with Crippen LogP contribution in [0.5, 0.6) is 0 Å². The Bertz CT molecular complexity index is 2450. The van der Waals surface area contributed by atoms with Crippen LogP contribution in [0.1, 0.15) is 214 Å². The van der Waals surface area contributed by atoms with E-state index in [1.54, 1.807) is 11.1 Å². The van der Waals surface area contributed by atoms with E-state index >= 15 is 0 Å². The Morgan fingerprint density at radius 3 is 1.20 bits per heavy atom. The molecular formula is C58H80N2S6. The van der Waals surface area contributed by atoms with E-state index in [-0.39, 0.29) is 0 Å². The number of aromatic nitrogens is 2. The van der Waals surface area contributed by atoms with Crippen LogP contribution in [0, 0.1) is 13.8 Å². The second-order valence-electron chi connectivity index (χ2n) is 19.2. The molecule has 8 heteroatoms. The first-order chi connectivity index (χ1) is 32.4. The van der Waals surface area contributed by atoms with Crippen molar-refractivity contribution >= 4 is 88.5 Å². The highest BCUT2D eigenvalue weighted by molar-refractivity contribution is 7.30. The van der Waals surface area contributed by atoms with Gasteiger partial charge in [0, 0.05) is 29.3 Å². The molecule has 0 aliphatic heterocycles. The van der Waals surface area contributed by atoms with Gasteiger partial charge in [0.05, 0.1) is 30.2 Å². The van der Waals surface area contributed by atoms with Gasteiger partial charge < -0.3 is 0 Å². The summed E-state index contributed by atoms with van der Waals surface area (Å²) in [6.45, 7) is 13.9. The molecule has 0 fully saturated rings. The average Bonchev–Trinajstić information content (AvgIpc) is 4.18. The first-order valence-corrected chi connectivity index (χ1v) is 31.4. The number of benzene rings is 1. The zero-order chi connectivity index (χ0) is 46.1. The van der Waals surface area contributed by atoms with E-state index in [4.69, 9.17) is 9.97 Å². The predicted octanol–water partition coefficient (Wildman–Crippen LogP) is 22.0. The number of aryl methyl sites for hydroxylation is 6. The van der Waals surface area contributed by atoms with Gasteiger partial charge in [-0.1, -0.05) is 156 Å². The van der Waals surface area contributed by atoms with E-state index in [0.29, 0.717) is 0 Å². The Labute approximate surface area is 424 Å². The summed E-state index contributed by atoms with van der Waals surface area (Å²) < 4.78 is 2.52. The Morgan fingerprint density at radius 1 is 0.333 bits per heavy atom. The number of nitrogens with zero attached hydrogens (tertiary/aromatic N) is 2. The van der Waals surface area contributed by atoms with Crippen LogP contribution in [-0.2, 0) is 25.7 Å². The number of thiophene rings is 4. The van der Waals surface area contributed by atoms with Crippen molar-refractivity contribution in [1.82, 2.24) is 9.97 Å². The maximum absolute atomic E-state index is 5.48. The van der Waals surface area contributed by atoms with Gasteiger partial charge in [0.1, 0.15) is 10.0 Å². The molecule has 7 rings (SSSR count). The van der Waals surface area contributed by atoms with Crippen molar-refractivity contribution in [2.75, 3.05) is 0 Å². The number of rotatable bonds is 32. The fourth-order valence-corrected chi connectivity index (χ4v) is 16.5. The topological polar surface area (TPSA) is 25.8 Å². The highest BCUT2D eigenvalue weighted by atomic mass is 32.1. The third kappa shape index (κ3) is 14.4. The van der Waals surface area contributed by atoms with E-state index in [1.807, 2.05) is 56.7 Å². The van der Waals surface area contributed by atoms with Crippen molar-refractivity contribution in [2.45, 2.75) is 221 Å². The lowest BCUT2D eigenvalue weighted by atomic mass is 10.0. The molecule has 6 heterocycles. The van der Waals surface area contributed by atoms with Crippen molar-refractivity contribution in [1.29, 1.82) is 0 Å². The number of unbranched alkanes of at least 4 members (excludes halogenated alkanes) is 20. The minimum absolute atomic E-state index is 1.12. The van der Waals surface area contributed by atoms with Crippen LogP contribution < -0.4 is 0 Å². The minimum Gasteiger partial charge on any atom is -0.235 e. The molecule has 0 spiro atoms. The lowest BCUT2D eigenvalue weighted by Gasteiger charge is -2.03. The zero-order valence-electron chi connectivity index (χ0n) is 41.6. The molecule has 0 aliphatic carbocycles. The van der Waals surface area contributed by atoms with Gasteiger partial charge in [-0.3, -0.25) is 0 Å². The van der Waals surface area contributed by atoms with Crippen molar-refractivity contribution in [3.63, 3.8) is 0 Å². The van der Waals surface area contributed by atoms with Crippen molar-refractivity contribution in [3.8, 4) is 39.3 Å². The molecule has 0 amide bonds. The number of hydrogen-bond donors (Lipinski definition) is 0. The Kier molecular flexibility index (Phi) is 21.3. The molecule has 7 aromatic rings. The first-order valence-electron chi connectivity index (χ1n) is 26.6. The van der Waals surface area contributed by atoms with E-state index in [0.717, 1.165) is 23.9 Å². The molecule has 0 saturated heterocycles. The summed E-state index contributed by atoms with van der Waals surface area (Å²) in [5.74, 6) is 0. The van der Waals surface area contributed by atoms with Crippen LogP contribution in [0.2, 0.25) is 0 Å². The first kappa shape index (κ1) is 51.6. The molecular weight excluding hydrogens is 917 g/mol. The number of hydrogen-bond acceptors (Lipinski definition) is 8. The average molecular weight is 998 g/mol. The maximum atomic E-state index is 5.48. The monoisotopic (exact) mass is 996 g/mol. The summed E-state index contributed by atoms with van der Waals surface area (Å²) in [6, 6.07) is 14.9. The SMILES string of the molecule is CCCCCCCCc1cc(-c2cc(CCCCCCCC)c(-c3cc(CCCCCCCC)c(-c4nc5cc6sc(-c7sc(C)cc7CCCCCCCC)nc6cc5s4)s3)s2)sc1C. The van der Waals surface area contributed by atoms with Crippen molar-refractivity contribution in [2.24, 2.45) is 0 Å². The summed E-state index contributed by atoms with van der Waals surface area (Å²) in [4.78, 5) is 22.4. The second kappa shape index (κ2) is 27.3. The summed E-state index contributed by atoms with van der Waals surface area (Å²) in [5.41, 5.74) is 8.39. The molecule has 66 heavy (non-hydrogen) atoms. The van der Waals surface area contributed by atoms with Gasteiger partial charge in [-0.05, 0) is 124 Å². The summed E-state index contributed by atoms with van der Waals surface area (Å²) in [7, 11) is 0. The lowest BCUT2D eigenvalue weighted by molar-refractivity contribution is 0.607. The van der Waals surface area contributed by atoms with Gasteiger partial charge in [-0.2, -0.15) is 0 Å². The summed E-state index contributed by atoms with van der Waals surface area (Å²) >= 11 is 11.8. The fraction of sp³-hybridized carbons (Fsp3) is 0.586. The normalized spacial score (nSPS) is 12.0. The molecule has 1 aromatic carbocycles. The molecule has 2 nitrogen and oxygen atoms in total. The van der Waals surface area contributed by atoms with Crippen molar-refractivity contribution < 1.29 is 0 Å². The van der Waals surface area contributed by atoms with E-state index < -0.39 is 0 Å². The van der Waals surface area contributed by atoms with Gasteiger partial charge in [0.15, 0.2) is 0 Å². The molecule has 0 N–H and O–H groups in total. The maximum Gasteiger partial charge on any atom is 0.134 e. The zero-order valence-corrected chi connectivity index (χ0v) is 46.5. The fourth-order valence-electron chi connectivity index (χ4n) is 9.60. The van der Waals surface area contributed by atoms with E-state index in [1.165, 1.54) is 237 Å². The smallest absolute Gasteiger partial charge is 0.134 e. The second-order valence-corrected chi connectivity index (χ2v) is 25.9.